The van der Waals surface area contributed by atoms with Crippen molar-refractivity contribution in [3.63, 3.8) is 0 Å². The second-order valence-corrected chi connectivity index (χ2v) is 3.97. The molecule has 0 N–H and O–H groups in total. The Labute approximate surface area is 106 Å². The molecule has 0 heterocycles. The van der Waals surface area contributed by atoms with Crippen molar-refractivity contribution in [3.8, 4) is 0 Å². The highest BCUT2D eigenvalue weighted by Crippen LogP contribution is 2.08. The average molecular weight is 244 g/mol. The van der Waals surface area contributed by atoms with Gasteiger partial charge >= 0.3 is 0 Å². The average Bonchev–Trinajstić information content (AvgIpc) is 2.41. The maximum absolute atomic E-state index is 9.88. The van der Waals surface area contributed by atoms with Crippen molar-refractivity contribution in [2.45, 2.75) is 25.7 Å². The standard InChI is InChI=1S/C14H16N2O2/c17-11-15-9-1-3-13-5-7-14(8-6-13)4-2-10-16-12-18/h5-8H,1-4,9-10H2. The minimum atomic E-state index is 0.537. The summed E-state index contributed by atoms with van der Waals surface area (Å²) in [6, 6.07) is 8.35. The van der Waals surface area contributed by atoms with Gasteiger partial charge in [0.2, 0.25) is 12.2 Å². The number of hydrogen-bond acceptors (Lipinski definition) is 4. The fraction of sp³-hybridized carbons (Fsp3) is 0.429. The summed E-state index contributed by atoms with van der Waals surface area (Å²) in [6.07, 6.45) is 6.63. The molecule has 0 saturated heterocycles. The molecule has 0 unspecified atom stereocenters. The van der Waals surface area contributed by atoms with Crippen LogP contribution >= 0.6 is 0 Å². The van der Waals surface area contributed by atoms with E-state index in [9.17, 15) is 9.59 Å². The van der Waals surface area contributed by atoms with E-state index in [4.69, 9.17) is 0 Å². The Morgan fingerprint density at radius 2 is 1.17 bits per heavy atom. The van der Waals surface area contributed by atoms with Gasteiger partial charge in [0, 0.05) is 0 Å². The maximum Gasteiger partial charge on any atom is 0.234 e. The fourth-order valence-electron chi connectivity index (χ4n) is 1.69. The lowest BCUT2D eigenvalue weighted by Gasteiger charge is -2.02. The summed E-state index contributed by atoms with van der Waals surface area (Å²) in [5.41, 5.74) is 2.48. The van der Waals surface area contributed by atoms with Crippen LogP contribution in [-0.2, 0) is 22.4 Å². The number of benzene rings is 1. The molecule has 0 bridgehead atoms. The number of aryl methyl sites for hydroxylation is 2. The third kappa shape index (κ3) is 5.90. The number of isocyanates is 2. The van der Waals surface area contributed by atoms with Gasteiger partial charge in [-0.1, -0.05) is 24.3 Å². The van der Waals surface area contributed by atoms with Crippen molar-refractivity contribution in [1.29, 1.82) is 0 Å². The molecule has 0 spiro atoms. The molecule has 1 aromatic carbocycles. The largest absolute Gasteiger partial charge is 0.234 e. The molecule has 4 nitrogen and oxygen atoms in total. The SMILES string of the molecule is O=C=NCCCc1ccc(CCCN=C=O)cc1. The summed E-state index contributed by atoms with van der Waals surface area (Å²) in [6.45, 7) is 1.07. The van der Waals surface area contributed by atoms with E-state index >= 15 is 0 Å². The van der Waals surface area contributed by atoms with E-state index in [0.29, 0.717) is 13.1 Å². The molecule has 0 aromatic heterocycles. The van der Waals surface area contributed by atoms with Crippen LogP contribution in [0.5, 0.6) is 0 Å². The van der Waals surface area contributed by atoms with E-state index in [2.05, 4.69) is 34.3 Å². The second kappa shape index (κ2) is 9.06. The van der Waals surface area contributed by atoms with Crippen LogP contribution in [0.2, 0.25) is 0 Å². The first-order chi connectivity index (χ1) is 8.86. The van der Waals surface area contributed by atoms with Crippen LogP contribution in [-0.4, -0.2) is 25.2 Å². The van der Waals surface area contributed by atoms with Gasteiger partial charge in [-0.2, -0.15) is 0 Å². The lowest BCUT2D eigenvalue weighted by molar-refractivity contribution is 0.561. The Balaban J connectivity index is 2.32. The Bertz CT molecular complexity index is 398. The molecular formula is C14H16N2O2. The van der Waals surface area contributed by atoms with Gasteiger partial charge in [-0.05, 0) is 36.8 Å². The Morgan fingerprint density at radius 3 is 1.50 bits per heavy atom. The Hall–Kier alpha value is -2.02. The maximum atomic E-state index is 9.88. The van der Waals surface area contributed by atoms with E-state index in [1.54, 1.807) is 0 Å². The lowest BCUT2D eigenvalue weighted by atomic mass is 10.0. The number of aliphatic imine (C=N–C) groups is 2. The molecule has 0 radical (unpaired) electrons. The number of carbonyl (C=O) groups excluding carboxylic acids is 2. The van der Waals surface area contributed by atoms with E-state index in [1.807, 2.05) is 0 Å². The molecule has 0 atom stereocenters. The molecule has 0 aliphatic rings. The van der Waals surface area contributed by atoms with Crippen LogP contribution in [0.1, 0.15) is 24.0 Å². The van der Waals surface area contributed by atoms with Gasteiger partial charge in [-0.3, -0.25) is 0 Å². The second-order valence-electron chi connectivity index (χ2n) is 3.97. The summed E-state index contributed by atoms with van der Waals surface area (Å²) < 4.78 is 0. The monoisotopic (exact) mass is 244 g/mol. The molecule has 1 rings (SSSR count). The van der Waals surface area contributed by atoms with Crippen molar-refractivity contribution in [1.82, 2.24) is 0 Å². The van der Waals surface area contributed by atoms with Crippen molar-refractivity contribution in [2.24, 2.45) is 9.98 Å². The molecule has 1 aromatic rings. The molecule has 18 heavy (non-hydrogen) atoms. The summed E-state index contributed by atoms with van der Waals surface area (Å²) in [7, 11) is 0. The van der Waals surface area contributed by atoms with Gasteiger partial charge in [0.1, 0.15) is 0 Å². The Kier molecular flexibility index (Phi) is 7.07. The zero-order chi connectivity index (χ0) is 13.1. The zero-order valence-corrected chi connectivity index (χ0v) is 10.3. The van der Waals surface area contributed by atoms with Crippen LogP contribution in [0.25, 0.3) is 0 Å². The molecule has 94 valence electrons. The lowest BCUT2D eigenvalue weighted by Crippen LogP contribution is -1.91. The van der Waals surface area contributed by atoms with Gasteiger partial charge < -0.3 is 0 Å². The van der Waals surface area contributed by atoms with Crippen molar-refractivity contribution in [2.75, 3.05) is 13.1 Å². The van der Waals surface area contributed by atoms with E-state index in [1.165, 1.54) is 23.3 Å². The first-order valence-electron chi connectivity index (χ1n) is 6.02. The predicted molar refractivity (Wildman–Crippen MR) is 69.1 cm³/mol. The van der Waals surface area contributed by atoms with Crippen LogP contribution in [0.4, 0.5) is 0 Å². The van der Waals surface area contributed by atoms with Gasteiger partial charge in [-0.15, -0.1) is 0 Å². The first-order valence-corrected chi connectivity index (χ1v) is 6.02. The minimum absolute atomic E-state index is 0.537. The molecule has 0 saturated carbocycles. The van der Waals surface area contributed by atoms with Gasteiger partial charge in [0.15, 0.2) is 0 Å². The number of rotatable bonds is 8. The fourth-order valence-corrected chi connectivity index (χ4v) is 1.69. The quantitative estimate of drug-likeness (QED) is 0.400. The van der Waals surface area contributed by atoms with Gasteiger partial charge in [-0.25, -0.2) is 19.6 Å². The van der Waals surface area contributed by atoms with Crippen LogP contribution in [0.15, 0.2) is 34.3 Å². The minimum Gasteiger partial charge on any atom is -0.211 e. The zero-order valence-electron chi connectivity index (χ0n) is 10.3. The highest BCUT2D eigenvalue weighted by Gasteiger charge is 1.95. The van der Waals surface area contributed by atoms with Gasteiger partial charge in [0.25, 0.3) is 0 Å². The van der Waals surface area contributed by atoms with Crippen molar-refractivity contribution in [3.05, 3.63) is 35.4 Å². The van der Waals surface area contributed by atoms with Crippen LogP contribution in [0, 0.1) is 0 Å². The third-order valence-corrected chi connectivity index (χ3v) is 2.62. The number of nitrogens with zero attached hydrogens (tertiary/aromatic N) is 2. The molecule has 4 heteroatoms. The van der Waals surface area contributed by atoms with Gasteiger partial charge in [0.05, 0.1) is 13.1 Å². The van der Waals surface area contributed by atoms with E-state index < -0.39 is 0 Å². The molecule has 0 amide bonds. The summed E-state index contributed by atoms with van der Waals surface area (Å²) in [4.78, 5) is 26.8. The first kappa shape index (κ1) is 14.0. The molecule has 0 aliphatic heterocycles. The smallest absolute Gasteiger partial charge is 0.211 e. The van der Waals surface area contributed by atoms with E-state index in [-0.39, 0.29) is 0 Å². The van der Waals surface area contributed by atoms with E-state index in [0.717, 1.165) is 25.7 Å². The summed E-state index contributed by atoms with van der Waals surface area (Å²) in [5, 5.41) is 0. The van der Waals surface area contributed by atoms with Crippen LogP contribution in [0.3, 0.4) is 0 Å². The van der Waals surface area contributed by atoms with Crippen molar-refractivity contribution < 1.29 is 9.59 Å². The summed E-state index contributed by atoms with van der Waals surface area (Å²) >= 11 is 0. The highest BCUT2D eigenvalue weighted by molar-refractivity contribution is 5.33. The molecule has 0 aliphatic carbocycles. The molecule has 0 fully saturated rings. The predicted octanol–water partition coefficient (Wildman–Crippen LogP) is 2.22. The van der Waals surface area contributed by atoms with Crippen molar-refractivity contribution >= 4 is 12.2 Å². The van der Waals surface area contributed by atoms with Crippen LogP contribution < -0.4 is 0 Å². The number of hydrogen-bond donors (Lipinski definition) is 0. The molecular weight excluding hydrogens is 228 g/mol. The summed E-state index contributed by atoms with van der Waals surface area (Å²) in [5.74, 6) is 0. The topological polar surface area (TPSA) is 58.9 Å². The Morgan fingerprint density at radius 1 is 0.778 bits per heavy atom. The highest BCUT2D eigenvalue weighted by atomic mass is 16.1. The normalized spacial score (nSPS) is 9.33. The third-order valence-electron chi connectivity index (χ3n) is 2.62.